The summed E-state index contributed by atoms with van der Waals surface area (Å²) in [4.78, 5) is 17.0. The van der Waals surface area contributed by atoms with E-state index in [0.29, 0.717) is 31.3 Å². The van der Waals surface area contributed by atoms with E-state index in [1.165, 1.54) is 6.07 Å². The van der Waals surface area contributed by atoms with Gasteiger partial charge in [0, 0.05) is 31.2 Å². The molecular weight excluding hydrogens is 378 g/mol. The third-order valence-corrected chi connectivity index (χ3v) is 5.28. The number of ether oxygens (including phenoxy) is 2. The van der Waals surface area contributed by atoms with Gasteiger partial charge in [-0.25, -0.2) is 24.3 Å². The highest BCUT2D eigenvalue weighted by Gasteiger charge is 2.41. The maximum atomic E-state index is 14.2. The third-order valence-electron chi connectivity index (χ3n) is 5.28. The fourth-order valence-electron chi connectivity index (χ4n) is 3.66. The molecule has 29 heavy (non-hydrogen) atoms. The van der Waals surface area contributed by atoms with Crippen LogP contribution in [0.15, 0.2) is 43.0 Å². The summed E-state index contributed by atoms with van der Waals surface area (Å²) in [6.45, 7) is 0.968. The van der Waals surface area contributed by atoms with Crippen molar-refractivity contribution in [2.45, 2.75) is 30.8 Å². The van der Waals surface area contributed by atoms with Gasteiger partial charge in [-0.15, -0.1) is 0 Å². The zero-order chi connectivity index (χ0) is 19.8. The Morgan fingerprint density at radius 1 is 0.931 bits per heavy atom. The number of benzene rings is 1. The van der Waals surface area contributed by atoms with Crippen molar-refractivity contribution in [3.8, 4) is 17.4 Å². The van der Waals surface area contributed by atoms with Crippen molar-refractivity contribution in [2.75, 3.05) is 13.2 Å². The summed E-state index contributed by atoms with van der Waals surface area (Å²) >= 11 is 0. The molecule has 0 unspecified atom stereocenters. The highest BCUT2D eigenvalue weighted by Crippen LogP contribution is 2.55. The number of aromatic nitrogens is 4. The molecule has 5 rings (SSSR count). The standard InChI is InChI=1S/C21H18F2N4O2/c22-17-6-12(7-18(19(17)23)29-14-2-5-28-11-14)15-8-16(15)13-9-26-21(27-10-13)20-24-3-1-4-25-20/h1,3-4,6-7,9-10,14-16H,2,5,8,11H2/t14-,15+,16-/m0/s1. The smallest absolute Gasteiger partial charge is 0.200 e. The van der Waals surface area contributed by atoms with Crippen LogP contribution in [0.5, 0.6) is 5.75 Å². The summed E-state index contributed by atoms with van der Waals surface area (Å²) < 4.78 is 39.2. The summed E-state index contributed by atoms with van der Waals surface area (Å²) in [5.74, 6) is -0.737. The first-order chi connectivity index (χ1) is 14.2. The summed E-state index contributed by atoms with van der Waals surface area (Å²) in [7, 11) is 0. The second-order valence-electron chi connectivity index (χ2n) is 7.28. The minimum atomic E-state index is -0.951. The normalized spacial score (nSPS) is 23.2. The Hall–Kier alpha value is -3.00. The van der Waals surface area contributed by atoms with Crippen LogP contribution in [0.4, 0.5) is 8.78 Å². The minimum absolute atomic E-state index is 0.0472. The van der Waals surface area contributed by atoms with Crippen molar-refractivity contribution >= 4 is 0 Å². The van der Waals surface area contributed by atoms with Gasteiger partial charge in [-0.2, -0.15) is 4.39 Å². The summed E-state index contributed by atoms with van der Waals surface area (Å²) in [6.07, 6.45) is 8.02. The van der Waals surface area contributed by atoms with E-state index in [9.17, 15) is 8.78 Å². The first-order valence-corrected chi connectivity index (χ1v) is 9.51. The number of halogens is 2. The number of rotatable bonds is 5. The SMILES string of the molecule is Fc1cc([C@H]2C[C@H]2c2cnc(-c3ncccn3)nc2)cc(O[C@H]2CCOC2)c1F. The lowest BCUT2D eigenvalue weighted by Crippen LogP contribution is -2.17. The predicted octanol–water partition coefficient (Wildman–Crippen LogP) is 3.65. The Labute approximate surface area is 166 Å². The Bertz CT molecular complexity index is 1010. The van der Waals surface area contributed by atoms with E-state index >= 15 is 0 Å². The largest absolute Gasteiger partial charge is 0.485 e. The van der Waals surface area contributed by atoms with E-state index in [2.05, 4.69) is 19.9 Å². The summed E-state index contributed by atoms with van der Waals surface area (Å²) in [5.41, 5.74) is 1.67. The van der Waals surface area contributed by atoms with Crippen LogP contribution in [-0.4, -0.2) is 39.3 Å². The van der Waals surface area contributed by atoms with Crippen molar-refractivity contribution in [3.05, 3.63) is 65.7 Å². The lowest BCUT2D eigenvalue weighted by Gasteiger charge is -2.14. The van der Waals surface area contributed by atoms with E-state index in [-0.39, 0.29) is 23.7 Å². The van der Waals surface area contributed by atoms with Gasteiger partial charge in [-0.1, -0.05) is 0 Å². The molecule has 0 radical (unpaired) electrons. The molecular formula is C21H18F2N4O2. The molecule has 1 aromatic carbocycles. The Kier molecular flexibility index (Phi) is 4.63. The number of hydrogen-bond acceptors (Lipinski definition) is 6. The predicted molar refractivity (Wildman–Crippen MR) is 99.4 cm³/mol. The van der Waals surface area contributed by atoms with Crippen LogP contribution in [-0.2, 0) is 4.74 Å². The average Bonchev–Trinajstić information content (AvgIpc) is 3.40. The van der Waals surface area contributed by atoms with Gasteiger partial charge in [-0.05, 0) is 47.6 Å². The van der Waals surface area contributed by atoms with Crippen molar-refractivity contribution in [1.29, 1.82) is 0 Å². The molecule has 2 aliphatic rings. The monoisotopic (exact) mass is 396 g/mol. The molecule has 1 saturated carbocycles. The number of hydrogen-bond donors (Lipinski definition) is 0. The van der Waals surface area contributed by atoms with E-state index in [1.54, 1.807) is 36.9 Å². The molecule has 1 aliphatic heterocycles. The molecule has 2 aromatic heterocycles. The number of nitrogens with zero attached hydrogens (tertiary/aromatic N) is 4. The van der Waals surface area contributed by atoms with Gasteiger partial charge in [0.15, 0.2) is 23.2 Å². The molecule has 3 aromatic rings. The highest BCUT2D eigenvalue weighted by atomic mass is 19.2. The van der Waals surface area contributed by atoms with Gasteiger partial charge < -0.3 is 9.47 Å². The zero-order valence-electron chi connectivity index (χ0n) is 15.5. The molecule has 0 amide bonds. The maximum Gasteiger partial charge on any atom is 0.200 e. The Morgan fingerprint density at radius 3 is 2.38 bits per heavy atom. The first-order valence-electron chi connectivity index (χ1n) is 9.51. The molecule has 3 heterocycles. The quantitative estimate of drug-likeness (QED) is 0.656. The van der Waals surface area contributed by atoms with E-state index < -0.39 is 11.6 Å². The van der Waals surface area contributed by atoms with Crippen molar-refractivity contribution < 1.29 is 18.3 Å². The second kappa shape index (κ2) is 7.44. The lowest BCUT2D eigenvalue weighted by atomic mass is 10.1. The molecule has 0 N–H and O–H groups in total. The van der Waals surface area contributed by atoms with Crippen LogP contribution in [0.25, 0.3) is 11.6 Å². The van der Waals surface area contributed by atoms with Gasteiger partial charge in [-0.3, -0.25) is 0 Å². The van der Waals surface area contributed by atoms with Crippen LogP contribution in [0.1, 0.15) is 35.8 Å². The van der Waals surface area contributed by atoms with Gasteiger partial charge in [0.25, 0.3) is 0 Å². The molecule has 2 fully saturated rings. The average molecular weight is 396 g/mol. The lowest BCUT2D eigenvalue weighted by molar-refractivity contribution is 0.137. The van der Waals surface area contributed by atoms with Gasteiger partial charge in [0.1, 0.15) is 6.10 Å². The van der Waals surface area contributed by atoms with Gasteiger partial charge in [0.2, 0.25) is 5.82 Å². The summed E-state index contributed by atoms with van der Waals surface area (Å²) in [5, 5.41) is 0. The van der Waals surface area contributed by atoms with Gasteiger partial charge in [0.05, 0.1) is 13.2 Å². The van der Waals surface area contributed by atoms with E-state index in [4.69, 9.17) is 9.47 Å². The third kappa shape index (κ3) is 3.67. The van der Waals surface area contributed by atoms with Crippen molar-refractivity contribution in [3.63, 3.8) is 0 Å². The van der Waals surface area contributed by atoms with Crippen LogP contribution >= 0.6 is 0 Å². The molecule has 1 saturated heterocycles. The molecule has 3 atom stereocenters. The van der Waals surface area contributed by atoms with Crippen LogP contribution in [0, 0.1) is 11.6 Å². The van der Waals surface area contributed by atoms with Crippen molar-refractivity contribution in [1.82, 2.24) is 19.9 Å². The fourth-order valence-corrected chi connectivity index (χ4v) is 3.66. The minimum Gasteiger partial charge on any atom is -0.485 e. The molecule has 148 valence electrons. The van der Waals surface area contributed by atoms with Crippen LogP contribution in [0.2, 0.25) is 0 Å². The maximum absolute atomic E-state index is 14.2. The van der Waals surface area contributed by atoms with Crippen LogP contribution in [0.3, 0.4) is 0 Å². The zero-order valence-corrected chi connectivity index (χ0v) is 15.5. The highest BCUT2D eigenvalue weighted by molar-refractivity contribution is 5.44. The van der Waals surface area contributed by atoms with E-state index in [0.717, 1.165) is 17.5 Å². The van der Waals surface area contributed by atoms with E-state index in [1.807, 2.05) is 0 Å². The fraction of sp³-hybridized carbons (Fsp3) is 0.333. The molecule has 0 bridgehead atoms. The molecule has 6 nitrogen and oxygen atoms in total. The summed E-state index contributed by atoms with van der Waals surface area (Å²) in [6, 6.07) is 4.59. The molecule has 1 aliphatic carbocycles. The topological polar surface area (TPSA) is 70.0 Å². The Morgan fingerprint density at radius 2 is 1.66 bits per heavy atom. The Balaban J connectivity index is 1.33. The van der Waals surface area contributed by atoms with Crippen molar-refractivity contribution in [2.24, 2.45) is 0 Å². The molecule has 0 spiro atoms. The second-order valence-corrected chi connectivity index (χ2v) is 7.28. The first kappa shape index (κ1) is 18.1. The van der Waals surface area contributed by atoms with Gasteiger partial charge >= 0.3 is 0 Å². The molecule has 8 heteroatoms. The van der Waals surface area contributed by atoms with Crippen LogP contribution < -0.4 is 4.74 Å².